The van der Waals surface area contributed by atoms with Crippen LogP contribution in [0.4, 0.5) is 0 Å². The molecular weight excluding hydrogens is 304 g/mol. The van der Waals surface area contributed by atoms with Crippen molar-refractivity contribution in [2.75, 3.05) is 0 Å². The van der Waals surface area contributed by atoms with Crippen LogP contribution in [-0.4, -0.2) is 4.57 Å². The second kappa shape index (κ2) is 6.40. The zero-order valence-corrected chi connectivity index (χ0v) is 14.6. The Morgan fingerprint density at radius 1 is 0.680 bits per heavy atom. The van der Waals surface area contributed by atoms with Gasteiger partial charge in [-0.25, -0.2) is 0 Å². The number of para-hydroxylation sites is 2. The molecule has 0 saturated carbocycles. The normalized spacial score (nSPS) is 10.8. The van der Waals surface area contributed by atoms with Gasteiger partial charge in [0.2, 0.25) is 0 Å². The first kappa shape index (κ1) is 15.4. The number of nitrogens with zero attached hydrogens (tertiary/aromatic N) is 2. The molecule has 0 saturated heterocycles. The van der Waals surface area contributed by atoms with E-state index in [2.05, 4.69) is 108 Å². The molecule has 0 bridgehead atoms. The maximum absolute atomic E-state index is 2.26. The van der Waals surface area contributed by atoms with Gasteiger partial charge in [-0.05, 0) is 36.2 Å². The van der Waals surface area contributed by atoms with E-state index in [1.807, 2.05) is 6.07 Å². The lowest BCUT2D eigenvalue weighted by molar-refractivity contribution is -0.601. The third-order valence-corrected chi connectivity index (χ3v) is 4.70. The van der Waals surface area contributed by atoms with E-state index in [-0.39, 0.29) is 0 Å². The Kier molecular flexibility index (Phi) is 3.95. The molecule has 2 nitrogen and oxygen atoms in total. The Bertz CT molecular complexity index is 1010. The molecule has 0 spiro atoms. The van der Waals surface area contributed by atoms with E-state index in [9.17, 15) is 0 Å². The average Bonchev–Trinajstić information content (AvgIpc) is 3.04. The minimum atomic E-state index is 1.17. The second-order valence-electron chi connectivity index (χ2n) is 6.25. The molecule has 0 fully saturated rings. The van der Waals surface area contributed by atoms with Crippen LogP contribution in [0.25, 0.3) is 22.5 Å². The van der Waals surface area contributed by atoms with Crippen molar-refractivity contribution in [1.82, 2.24) is 4.57 Å². The highest BCUT2D eigenvalue weighted by molar-refractivity contribution is 5.73. The second-order valence-corrected chi connectivity index (χ2v) is 6.25. The van der Waals surface area contributed by atoms with Gasteiger partial charge in [-0.15, -0.1) is 0 Å². The predicted molar refractivity (Wildman–Crippen MR) is 102 cm³/mol. The number of rotatable bonds is 3. The van der Waals surface area contributed by atoms with Crippen molar-refractivity contribution >= 4 is 0 Å². The Morgan fingerprint density at radius 2 is 1.32 bits per heavy atom. The standard InChI is InChI=1S/C23H21N2/c1-18-10-6-7-13-21(18)22-14-8-9-15-23(22)25-17-16-24(19(25)2)20-11-4-3-5-12-20/h3-17H,1-2H3/q+1. The van der Waals surface area contributed by atoms with E-state index in [1.54, 1.807) is 0 Å². The van der Waals surface area contributed by atoms with Crippen LogP contribution in [0.3, 0.4) is 0 Å². The molecule has 0 aliphatic rings. The molecule has 0 radical (unpaired) electrons. The fraction of sp³-hybridized carbons (Fsp3) is 0.0870. The van der Waals surface area contributed by atoms with Gasteiger partial charge >= 0.3 is 0 Å². The molecular formula is C23H21N2+. The predicted octanol–water partition coefficient (Wildman–Crippen LogP) is 5.04. The van der Waals surface area contributed by atoms with Crippen LogP contribution in [-0.2, 0) is 0 Å². The highest BCUT2D eigenvalue weighted by Gasteiger charge is 2.19. The van der Waals surface area contributed by atoms with Gasteiger partial charge in [-0.2, -0.15) is 9.13 Å². The lowest BCUT2D eigenvalue weighted by Gasteiger charge is -2.10. The summed E-state index contributed by atoms with van der Waals surface area (Å²) >= 11 is 0. The van der Waals surface area contributed by atoms with Crippen molar-refractivity contribution in [3.8, 4) is 22.5 Å². The lowest BCUT2D eigenvalue weighted by Crippen LogP contribution is -2.33. The number of imidazole rings is 1. The highest BCUT2D eigenvalue weighted by Crippen LogP contribution is 2.27. The Hall–Kier alpha value is -3.13. The number of hydrogen-bond donors (Lipinski definition) is 0. The zero-order valence-electron chi connectivity index (χ0n) is 14.6. The average molecular weight is 325 g/mol. The highest BCUT2D eigenvalue weighted by atomic mass is 15.2. The molecule has 1 aromatic heterocycles. The van der Waals surface area contributed by atoms with Crippen molar-refractivity contribution in [3.63, 3.8) is 0 Å². The van der Waals surface area contributed by atoms with Crippen molar-refractivity contribution in [1.29, 1.82) is 0 Å². The summed E-state index contributed by atoms with van der Waals surface area (Å²) in [5.74, 6) is 1.17. The molecule has 0 aliphatic carbocycles. The van der Waals surface area contributed by atoms with Crippen molar-refractivity contribution < 1.29 is 4.57 Å². The largest absolute Gasteiger partial charge is 0.263 e. The number of hydrogen-bond acceptors (Lipinski definition) is 0. The van der Waals surface area contributed by atoms with Gasteiger partial charge < -0.3 is 0 Å². The third kappa shape index (κ3) is 2.76. The molecule has 0 N–H and O–H groups in total. The van der Waals surface area contributed by atoms with Crippen LogP contribution in [0.1, 0.15) is 11.4 Å². The van der Waals surface area contributed by atoms with Crippen LogP contribution < -0.4 is 4.57 Å². The molecule has 3 aromatic carbocycles. The van der Waals surface area contributed by atoms with Crippen LogP contribution in [0.2, 0.25) is 0 Å². The van der Waals surface area contributed by atoms with Gasteiger partial charge in [0.25, 0.3) is 5.82 Å². The summed E-state index contributed by atoms with van der Waals surface area (Å²) in [4.78, 5) is 0. The van der Waals surface area contributed by atoms with Crippen LogP contribution in [0, 0.1) is 13.8 Å². The summed E-state index contributed by atoms with van der Waals surface area (Å²) < 4.78 is 4.48. The first-order chi connectivity index (χ1) is 12.3. The summed E-state index contributed by atoms with van der Waals surface area (Å²) in [6.07, 6.45) is 4.26. The number of aryl methyl sites for hydroxylation is 1. The minimum absolute atomic E-state index is 1.17. The number of benzene rings is 3. The first-order valence-electron chi connectivity index (χ1n) is 8.56. The van der Waals surface area contributed by atoms with E-state index >= 15 is 0 Å². The fourth-order valence-corrected chi connectivity index (χ4v) is 3.37. The van der Waals surface area contributed by atoms with Gasteiger partial charge in [0.1, 0.15) is 23.8 Å². The van der Waals surface area contributed by atoms with Gasteiger partial charge in [0.15, 0.2) is 0 Å². The fourth-order valence-electron chi connectivity index (χ4n) is 3.37. The van der Waals surface area contributed by atoms with Crippen molar-refractivity contribution in [3.05, 3.63) is 103 Å². The van der Waals surface area contributed by atoms with E-state index in [1.165, 1.54) is 33.9 Å². The van der Waals surface area contributed by atoms with Crippen molar-refractivity contribution in [2.24, 2.45) is 0 Å². The maximum atomic E-state index is 2.26. The molecule has 0 amide bonds. The summed E-state index contributed by atoms with van der Waals surface area (Å²) in [5.41, 5.74) is 6.18. The molecule has 122 valence electrons. The minimum Gasteiger partial charge on any atom is -0.200 e. The van der Waals surface area contributed by atoms with E-state index in [0.29, 0.717) is 0 Å². The Labute approximate surface area is 148 Å². The summed E-state index contributed by atoms with van der Waals surface area (Å²) in [6, 6.07) is 27.6. The molecule has 1 heterocycles. The van der Waals surface area contributed by atoms with E-state index < -0.39 is 0 Å². The Morgan fingerprint density at radius 3 is 2.08 bits per heavy atom. The van der Waals surface area contributed by atoms with Gasteiger partial charge in [0.05, 0.1) is 0 Å². The van der Waals surface area contributed by atoms with Crippen LogP contribution in [0.15, 0.2) is 91.3 Å². The van der Waals surface area contributed by atoms with Crippen LogP contribution in [0.5, 0.6) is 0 Å². The lowest BCUT2D eigenvalue weighted by atomic mass is 9.99. The van der Waals surface area contributed by atoms with Gasteiger partial charge in [-0.1, -0.05) is 60.7 Å². The number of aromatic nitrogens is 2. The molecule has 0 atom stereocenters. The first-order valence-corrected chi connectivity index (χ1v) is 8.56. The van der Waals surface area contributed by atoms with E-state index in [0.717, 1.165) is 0 Å². The van der Waals surface area contributed by atoms with Crippen LogP contribution >= 0.6 is 0 Å². The monoisotopic (exact) mass is 325 g/mol. The molecule has 0 aliphatic heterocycles. The van der Waals surface area contributed by atoms with E-state index in [4.69, 9.17) is 0 Å². The quantitative estimate of drug-likeness (QED) is 0.467. The molecule has 0 unspecified atom stereocenters. The summed E-state index contributed by atoms with van der Waals surface area (Å²) in [7, 11) is 0. The third-order valence-electron chi connectivity index (χ3n) is 4.70. The Balaban J connectivity index is 1.88. The smallest absolute Gasteiger partial charge is 0.200 e. The SMILES string of the molecule is Cc1ccccc1-c1ccccc1-[n+]1ccn(-c2ccccc2)c1C. The summed E-state index contributed by atoms with van der Waals surface area (Å²) in [6.45, 7) is 4.32. The topological polar surface area (TPSA) is 8.81 Å². The summed E-state index contributed by atoms with van der Waals surface area (Å²) in [5, 5.41) is 0. The zero-order chi connectivity index (χ0) is 17.2. The molecule has 25 heavy (non-hydrogen) atoms. The molecule has 2 heteroatoms. The van der Waals surface area contributed by atoms with Crippen molar-refractivity contribution in [2.45, 2.75) is 13.8 Å². The maximum Gasteiger partial charge on any atom is 0.263 e. The molecule has 4 rings (SSSR count). The van der Waals surface area contributed by atoms with Gasteiger partial charge in [-0.3, -0.25) is 0 Å². The van der Waals surface area contributed by atoms with Gasteiger partial charge in [0, 0.05) is 12.5 Å². The molecule has 4 aromatic rings.